The molecule has 0 unspecified atom stereocenters. The highest BCUT2D eigenvalue weighted by Crippen LogP contribution is 2.14. The van der Waals surface area contributed by atoms with Gasteiger partial charge in [0.05, 0.1) is 6.54 Å². The molecule has 0 aliphatic heterocycles. The van der Waals surface area contributed by atoms with Crippen molar-refractivity contribution >= 4 is 34.9 Å². The number of aliphatic imine (C=N–C) groups is 1. The van der Waals surface area contributed by atoms with Gasteiger partial charge in [-0.15, -0.1) is 0 Å². The molecule has 7 heteroatoms. The molecule has 0 saturated heterocycles. The van der Waals surface area contributed by atoms with E-state index >= 15 is 0 Å². The summed E-state index contributed by atoms with van der Waals surface area (Å²) in [7, 11) is 0. The Labute approximate surface area is 182 Å². The summed E-state index contributed by atoms with van der Waals surface area (Å²) in [5.74, 6) is 0.950. The van der Waals surface area contributed by atoms with Crippen LogP contribution < -0.4 is 16.0 Å². The predicted octanol–water partition coefficient (Wildman–Crippen LogP) is 4.66. The van der Waals surface area contributed by atoms with Crippen LogP contribution in [0.4, 0.5) is 11.6 Å². The molecule has 3 aromatic rings. The van der Waals surface area contributed by atoms with E-state index < -0.39 is 0 Å². The number of nitrogens with one attached hydrogen (secondary N) is 3. The lowest BCUT2D eigenvalue weighted by atomic mass is 10.1. The zero-order valence-electron chi connectivity index (χ0n) is 17.7. The fourth-order valence-corrected chi connectivity index (χ4v) is 3.06. The Morgan fingerprint density at radius 2 is 1.57 bits per heavy atom. The van der Waals surface area contributed by atoms with E-state index in [4.69, 9.17) is 12.2 Å². The van der Waals surface area contributed by atoms with E-state index in [1.165, 1.54) is 11.1 Å². The molecule has 30 heavy (non-hydrogen) atoms. The van der Waals surface area contributed by atoms with Crippen molar-refractivity contribution in [1.82, 2.24) is 15.3 Å². The molecule has 3 N–H and O–H groups in total. The minimum Gasteiger partial charge on any atom is -0.332 e. The molecule has 0 amide bonds. The van der Waals surface area contributed by atoms with Gasteiger partial charge < -0.3 is 10.6 Å². The number of thiocarbonyl (C=S) groups is 1. The highest BCUT2D eigenvalue weighted by Gasteiger charge is 2.08. The lowest BCUT2D eigenvalue weighted by molar-refractivity contribution is 1.03. The lowest BCUT2D eigenvalue weighted by Crippen LogP contribution is -2.39. The molecule has 0 saturated carbocycles. The van der Waals surface area contributed by atoms with Crippen molar-refractivity contribution in [2.45, 2.75) is 34.2 Å². The average Bonchev–Trinajstić information content (AvgIpc) is 2.69. The molecule has 6 nitrogen and oxygen atoms in total. The van der Waals surface area contributed by atoms with Gasteiger partial charge in [-0.05, 0) is 74.8 Å². The van der Waals surface area contributed by atoms with Crippen molar-refractivity contribution in [1.29, 1.82) is 0 Å². The topological polar surface area (TPSA) is 74.2 Å². The summed E-state index contributed by atoms with van der Waals surface area (Å²) in [6.45, 7) is 8.51. The number of benzene rings is 2. The fraction of sp³-hybridized carbons (Fsp3) is 0.217. The van der Waals surface area contributed by atoms with Gasteiger partial charge in [0.25, 0.3) is 0 Å². The summed E-state index contributed by atoms with van der Waals surface area (Å²) in [6.07, 6.45) is 0. The first-order valence-electron chi connectivity index (χ1n) is 9.72. The summed E-state index contributed by atoms with van der Waals surface area (Å²) in [4.78, 5) is 13.5. The molecule has 154 valence electrons. The van der Waals surface area contributed by atoms with E-state index in [0.717, 1.165) is 22.6 Å². The summed E-state index contributed by atoms with van der Waals surface area (Å²) in [5, 5.41) is 9.93. The summed E-state index contributed by atoms with van der Waals surface area (Å²) < 4.78 is 0. The zero-order chi connectivity index (χ0) is 21.5. The SMILES string of the molecule is Cc1cc(C)nc(NC(=NCc2ccccc2)NC(=S)Nc2ccc(C)c(C)c2)n1. The highest BCUT2D eigenvalue weighted by molar-refractivity contribution is 7.80. The molecule has 1 aromatic heterocycles. The lowest BCUT2D eigenvalue weighted by Gasteiger charge is -2.15. The van der Waals surface area contributed by atoms with Crippen molar-refractivity contribution in [3.05, 3.63) is 82.7 Å². The molecule has 0 atom stereocenters. The van der Waals surface area contributed by atoms with Crippen LogP contribution in [0.2, 0.25) is 0 Å². The van der Waals surface area contributed by atoms with Crippen LogP contribution in [0.15, 0.2) is 59.6 Å². The summed E-state index contributed by atoms with van der Waals surface area (Å²) in [5.41, 5.74) is 6.20. The van der Waals surface area contributed by atoms with Gasteiger partial charge in [0.1, 0.15) is 0 Å². The maximum atomic E-state index is 5.50. The van der Waals surface area contributed by atoms with Crippen LogP contribution in [-0.4, -0.2) is 21.0 Å². The Morgan fingerprint density at radius 1 is 0.867 bits per heavy atom. The zero-order valence-corrected chi connectivity index (χ0v) is 18.5. The first kappa shape index (κ1) is 21.4. The normalized spacial score (nSPS) is 11.1. The van der Waals surface area contributed by atoms with E-state index in [2.05, 4.69) is 56.9 Å². The third-order valence-corrected chi connectivity index (χ3v) is 4.68. The van der Waals surface area contributed by atoms with E-state index in [-0.39, 0.29) is 0 Å². The number of aryl methyl sites for hydroxylation is 4. The van der Waals surface area contributed by atoms with Gasteiger partial charge in [-0.25, -0.2) is 15.0 Å². The third-order valence-electron chi connectivity index (χ3n) is 4.47. The van der Waals surface area contributed by atoms with Gasteiger partial charge in [0.15, 0.2) is 5.11 Å². The Hall–Kier alpha value is -3.32. The largest absolute Gasteiger partial charge is 0.332 e. The molecule has 1 heterocycles. The smallest absolute Gasteiger partial charge is 0.229 e. The number of hydrogen-bond donors (Lipinski definition) is 3. The Bertz CT molecular complexity index is 1040. The van der Waals surface area contributed by atoms with Crippen molar-refractivity contribution in [3.8, 4) is 0 Å². The van der Waals surface area contributed by atoms with Crippen LogP contribution in [0.3, 0.4) is 0 Å². The van der Waals surface area contributed by atoms with E-state index in [0.29, 0.717) is 23.6 Å². The minimum atomic E-state index is 0.432. The van der Waals surface area contributed by atoms with Gasteiger partial charge in [-0.2, -0.15) is 0 Å². The van der Waals surface area contributed by atoms with Crippen molar-refractivity contribution in [2.24, 2.45) is 4.99 Å². The van der Waals surface area contributed by atoms with Crippen LogP contribution in [0.5, 0.6) is 0 Å². The number of aromatic nitrogens is 2. The van der Waals surface area contributed by atoms with Gasteiger partial charge in [0.2, 0.25) is 11.9 Å². The fourth-order valence-electron chi connectivity index (χ4n) is 2.84. The molecule has 0 aliphatic rings. The molecular formula is C23H26N6S. The summed E-state index contributed by atoms with van der Waals surface area (Å²) >= 11 is 5.50. The first-order chi connectivity index (χ1) is 14.4. The van der Waals surface area contributed by atoms with E-state index in [1.807, 2.05) is 56.3 Å². The second-order valence-electron chi connectivity index (χ2n) is 7.13. The predicted molar refractivity (Wildman–Crippen MR) is 128 cm³/mol. The second kappa shape index (κ2) is 9.93. The number of guanidine groups is 1. The maximum absolute atomic E-state index is 5.50. The van der Waals surface area contributed by atoms with Gasteiger partial charge in [0, 0.05) is 17.1 Å². The highest BCUT2D eigenvalue weighted by atomic mass is 32.1. The van der Waals surface area contributed by atoms with E-state index in [1.54, 1.807) is 0 Å². The molecule has 0 radical (unpaired) electrons. The number of rotatable bonds is 4. The minimum absolute atomic E-state index is 0.432. The monoisotopic (exact) mass is 418 g/mol. The molecule has 0 aliphatic carbocycles. The Kier molecular flexibility index (Phi) is 7.08. The van der Waals surface area contributed by atoms with Gasteiger partial charge in [-0.1, -0.05) is 36.4 Å². The molecular weight excluding hydrogens is 392 g/mol. The van der Waals surface area contributed by atoms with Crippen LogP contribution >= 0.6 is 12.2 Å². The molecule has 0 spiro atoms. The van der Waals surface area contributed by atoms with Crippen LogP contribution in [0.1, 0.15) is 28.1 Å². The Morgan fingerprint density at radius 3 is 2.23 bits per heavy atom. The average molecular weight is 419 g/mol. The van der Waals surface area contributed by atoms with Crippen molar-refractivity contribution in [3.63, 3.8) is 0 Å². The second-order valence-corrected chi connectivity index (χ2v) is 7.54. The quantitative estimate of drug-likeness (QED) is 0.325. The van der Waals surface area contributed by atoms with Crippen LogP contribution in [0.25, 0.3) is 0 Å². The number of anilines is 2. The van der Waals surface area contributed by atoms with Gasteiger partial charge in [-0.3, -0.25) is 5.32 Å². The Balaban J connectivity index is 1.77. The van der Waals surface area contributed by atoms with Crippen molar-refractivity contribution < 1.29 is 0 Å². The summed E-state index contributed by atoms with van der Waals surface area (Å²) in [6, 6.07) is 18.1. The van der Waals surface area contributed by atoms with Gasteiger partial charge >= 0.3 is 0 Å². The van der Waals surface area contributed by atoms with Crippen molar-refractivity contribution in [2.75, 3.05) is 10.6 Å². The third kappa shape index (κ3) is 6.35. The van der Waals surface area contributed by atoms with E-state index in [9.17, 15) is 0 Å². The first-order valence-corrected chi connectivity index (χ1v) is 10.1. The van der Waals surface area contributed by atoms with Crippen LogP contribution in [0, 0.1) is 27.7 Å². The maximum Gasteiger partial charge on any atom is 0.229 e. The molecule has 0 bridgehead atoms. The standard InChI is InChI=1S/C23H26N6S/c1-15-10-11-20(12-16(15)2)27-23(30)29-21(24-14-19-8-6-5-7-9-19)28-22-25-17(3)13-18(4)26-22/h5-13H,14H2,1-4H3,(H3,24,25,26,27,28,29,30). The molecule has 3 rings (SSSR count). The molecule has 2 aromatic carbocycles. The van der Waals surface area contributed by atoms with Crippen LogP contribution in [-0.2, 0) is 6.54 Å². The number of nitrogens with zero attached hydrogens (tertiary/aromatic N) is 3. The molecule has 0 fully saturated rings. The number of hydrogen-bond acceptors (Lipinski definition) is 4.